The first-order valence-corrected chi connectivity index (χ1v) is 10.2. The fourth-order valence-electron chi connectivity index (χ4n) is 3.20. The molecule has 0 saturated heterocycles. The van der Waals surface area contributed by atoms with E-state index in [4.69, 9.17) is 16.6 Å². The standard InChI is InChI=1S/C20H19N5O2S2/c1-5-9-25-17(23-24-20(25)28)16-12(4)21-19(29-16)22-18(26)15-11(3)13-8-6-7-10(2)14(13)27-15/h5-8H,1,9H2,2-4H3,(H,24,28)(H,21,22,26). The van der Waals surface area contributed by atoms with E-state index in [0.29, 0.717) is 22.3 Å². The Hall–Kier alpha value is -3.04. The Balaban J connectivity index is 1.67. The number of rotatable bonds is 5. The van der Waals surface area contributed by atoms with Gasteiger partial charge in [-0.25, -0.2) is 4.98 Å². The van der Waals surface area contributed by atoms with Crippen LogP contribution in [0.1, 0.15) is 27.4 Å². The smallest absolute Gasteiger partial charge is 0.293 e. The molecule has 3 aromatic heterocycles. The molecule has 7 nitrogen and oxygen atoms in total. The molecule has 9 heteroatoms. The predicted molar refractivity (Wildman–Crippen MR) is 117 cm³/mol. The van der Waals surface area contributed by atoms with Crippen molar-refractivity contribution in [2.75, 3.05) is 5.32 Å². The van der Waals surface area contributed by atoms with E-state index < -0.39 is 0 Å². The van der Waals surface area contributed by atoms with E-state index in [1.807, 2.05) is 43.5 Å². The lowest BCUT2D eigenvalue weighted by atomic mass is 10.1. The van der Waals surface area contributed by atoms with Crippen LogP contribution in [0.4, 0.5) is 5.13 Å². The summed E-state index contributed by atoms with van der Waals surface area (Å²) >= 11 is 6.61. The number of para-hydroxylation sites is 1. The first-order chi connectivity index (χ1) is 13.9. The van der Waals surface area contributed by atoms with Gasteiger partial charge in [-0.15, -0.1) is 6.58 Å². The minimum absolute atomic E-state index is 0.290. The van der Waals surface area contributed by atoms with Crippen LogP contribution in [0.2, 0.25) is 0 Å². The van der Waals surface area contributed by atoms with E-state index in [9.17, 15) is 4.79 Å². The maximum absolute atomic E-state index is 12.9. The number of nitrogens with zero attached hydrogens (tertiary/aromatic N) is 3. The molecule has 0 bridgehead atoms. The van der Waals surface area contributed by atoms with E-state index in [2.05, 4.69) is 27.1 Å². The number of fused-ring (bicyclic) bond motifs is 1. The minimum atomic E-state index is -0.330. The molecule has 1 aromatic carbocycles. The summed E-state index contributed by atoms with van der Waals surface area (Å²) in [4.78, 5) is 18.2. The van der Waals surface area contributed by atoms with Gasteiger partial charge in [0.25, 0.3) is 5.91 Å². The van der Waals surface area contributed by atoms with Crippen LogP contribution >= 0.6 is 23.6 Å². The Morgan fingerprint density at radius 2 is 2.21 bits per heavy atom. The lowest BCUT2D eigenvalue weighted by Gasteiger charge is -2.01. The third-order valence-corrected chi connectivity index (χ3v) is 6.04. The number of H-pyrrole nitrogens is 1. The fourth-order valence-corrected chi connectivity index (χ4v) is 4.37. The first kappa shape index (κ1) is 19.3. The van der Waals surface area contributed by atoms with Crippen LogP contribution in [0, 0.1) is 25.5 Å². The normalized spacial score (nSPS) is 11.1. The van der Waals surface area contributed by atoms with E-state index in [1.54, 1.807) is 6.08 Å². The number of thiazole rings is 1. The van der Waals surface area contributed by atoms with Crippen LogP contribution in [0.5, 0.6) is 0 Å². The van der Waals surface area contributed by atoms with Crippen molar-refractivity contribution in [3.05, 3.63) is 58.2 Å². The average molecular weight is 426 g/mol. The monoisotopic (exact) mass is 425 g/mol. The molecule has 3 heterocycles. The van der Waals surface area contributed by atoms with Gasteiger partial charge in [0.1, 0.15) is 5.58 Å². The summed E-state index contributed by atoms with van der Waals surface area (Å²) in [6.07, 6.45) is 1.75. The van der Waals surface area contributed by atoms with Crippen LogP contribution in [0.3, 0.4) is 0 Å². The van der Waals surface area contributed by atoms with Gasteiger partial charge in [-0.05, 0) is 38.6 Å². The molecule has 1 amide bonds. The molecule has 4 rings (SSSR count). The number of aryl methyl sites for hydroxylation is 3. The SMILES string of the molecule is C=CCn1c(-c2sc(NC(=O)c3oc4c(C)cccc4c3C)nc2C)n[nH]c1=S. The number of allylic oxidation sites excluding steroid dienone is 1. The third-order valence-electron chi connectivity index (χ3n) is 4.66. The molecule has 0 spiro atoms. The zero-order valence-electron chi connectivity index (χ0n) is 16.2. The number of amides is 1. The number of benzene rings is 1. The number of anilines is 1. The molecule has 0 aliphatic carbocycles. The first-order valence-electron chi connectivity index (χ1n) is 8.94. The van der Waals surface area contributed by atoms with Crippen LogP contribution < -0.4 is 5.32 Å². The van der Waals surface area contributed by atoms with Gasteiger partial charge in [-0.1, -0.05) is 35.6 Å². The van der Waals surface area contributed by atoms with Gasteiger partial charge in [0, 0.05) is 17.5 Å². The van der Waals surface area contributed by atoms with E-state index >= 15 is 0 Å². The van der Waals surface area contributed by atoms with Gasteiger partial charge < -0.3 is 4.42 Å². The topological polar surface area (TPSA) is 88.7 Å². The zero-order chi connectivity index (χ0) is 20.7. The lowest BCUT2D eigenvalue weighted by Crippen LogP contribution is -2.11. The Labute approximate surface area is 176 Å². The maximum Gasteiger partial charge on any atom is 0.293 e. The number of aromatic nitrogens is 4. The number of aromatic amines is 1. The van der Waals surface area contributed by atoms with Crippen molar-refractivity contribution in [2.24, 2.45) is 0 Å². The second kappa shape index (κ2) is 7.41. The molecule has 148 valence electrons. The van der Waals surface area contributed by atoms with E-state index in [0.717, 1.165) is 32.7 Å². The summed E-state index contributed by atoms with van der Waals surface area (Å²) < 4.78 is 8.20. The number of hydrogen-bond acceptors (Lipinski definition) is 6. The summed E-state index contributed by atoms with van der Waals surface area (Å²) in [5.41, 5.74) is 3.27. The Kier molecular flexibility index (Phi) is 4.93. The van der Waals surface area contributed by atoms with Crippen molar-refractivity contribution in [3.63, 3.8) is 0 Å². The molecule has 29 heavy (non-hydrogen) atoms. The number of furan rings is 1. The van der Waals surface area contributed by atoms with Crippen molar-refractivity contribution in [3.8, 4) is 10.7 Å². The van der Waals surface area contributed by atoms with Crippen molar-refractivity contribution < 1.29 is 9.21 Å². The Morgan fingerprint density at radius 3 is 2.93 bits per heavy atom. The highest BCUT2D eigenvalue weighted by Crippen LogP contribution is 2.33. The molecule has 0 aliphatic heterocycles. The summed E-state index contributed by atoms with van der Waals surface area (Å²) in [5.74, 6) is 0.627. The molecular weight excluding hydrogens is 406 g/mol. The van der Waals surface area contributed by atoms with Gasteiger partial charge in [0.15, 0.2) is 21.5 Å². The maximum atomic E-state index is 12.9. The van der Waals surface area contributed by atoms with Crippen LogP contribution in [0.25, 0.3) is 21.7 Å². The number of hydrogen-bond donors (Lipinski definition) is 2. The summed E-state index contributed by atoms with van der Waals surface area (Å²) in [6, 6.07) is 5.86. The van der Waals surface area contributed by atoms with Crippen LogP contribution in [-0.4, -0.2) is 25.7 Å². The summed E-state index contributed by atoms with van der Waals surface area (Å²) in [7, 11) is 0. The fraction of sp³-hybridized carbons (Fsp3) is 0.200. The van der Waals surface area contributed by atoms with Crippen molar-refractivity contribution in [2.45, 2.75) is 27.3 Å². The average Bonchev–Trinajstić information content (AvgIpc) is 3.33. The minimum Gasteiger partial charge on any atom is -0.450 e. The Morgan fingerprint density at radius 1 is 1.41 bits per heavy atom. The van der Waals surface area contributed by atoms with Crippen molar-refractivity contribution >= 4 is 45.6 Å². The summed E-state index contributed by atoms with van der Waals surface area (Å²) in [6.45, 7) is 9.99. The van der Waals surface area contributed by atoms with Gasteiger partial charge in [-0.2, -0.15) is 5.10 Å². The van der Waals surface area contributed by atoms with Gasteiger partial charge in [-0.3, -0.25) is 19.8 Å². The molecule has 0 fully saturated rings. The number of carbonyl (C=O) groups excluding carboxylic acids is 1. The quantitative estimate of drug-likeness (QED) is 0.340. The van der Waals surface area contributed by atoms with Crippen LogP contribution in [-0.2, 0) is 6.54 Å². The highest BCUT2D eigenvalue weighted by Gasteiger charge is 2.21. The molecule has 0 unspecified atom stereocenters. The molecule has 0 saturated carbocycles. The van der Waals surface area contributed by atoms with Crippen molar-refractivity contribution in [1.29, 1.82) is 0 Å². The highest BCUT2D eigenvalue weighted by molar-refractivity contribution is 7.71. The highest BCUT2D eigenvalue weighted by atomic mass is 32.1. The second-order valence-corrected chi connectivity index (χ2v) is 8.03. The molecule has 2 N–H and O–H groups in total. The molecule has 0 radical (unpaired) electrons. The molecule has 4 aromatic rings. The number of carbonyl (C=O) groups is 1. The lowest BCUT2D eigenvalue weighted by molar-refractivity contribution is 0.0998. The predicted octanol–water partition coefficient (Wildman–Crippen LogP) is 5.17. The molecule has 0 aliphatic rings. The largest absolute Gasteiger partial charge is 0.450 e. The third kappa shape index (κ3) is 3.32. The molecule has 0 atom stereocenters. The van der Waals surface area contributed by atoms with E-state index in [1.165, 1.54) is 11.3 Å². The summed E-state index contributed by atoms with van der Waals surface area (Å²) in [5, 5.41) is 11.4. The molecular formula is C20H19N5O2S2. The van der Waals surface area contributed by atoms with Crippen molar-refractivity contribution in [1.82, 2.24) is 19.7 Å². The number of nitrogens with one attached hydrogen (secondary N) is 2. The van der Waals surface area contributed by atoms with Gasteiger partial charge >= 0.3 is 0 Å². The van der Waals surface area contributed by atoms with Gasteiger partial charge in [0.05, 0.1) is 10.6 Å². The zero-order valence-corrected chi connectivity index (χ0v) is 17.8. The van der Waals surface area contributed by atoms with Gasteiger partial charge in [0.2, 0.25) is 0 Å². The van der Waals surface area contributed by atoms with E-state index in [-0.39, 0.29) is 11.7 Å². The van der Waals surface area contributed by atoms with Crippen LogP contribution in [0.15, 0.2) is 35.3 Å². The second-order valence-electron chi connectivity index (χ2n) is 6.65. The Bertz CT molecular complexity index is 1310.